The Balaban J connectivity index is 2.07. The molecule has 1 saturated heterocycles. The van der Waals surface area contributed by atoms with Gasteiger partial charge in [-0.3, -0.25) is 14.9 Å². The van der Waals surface area contributed by atoms with Crippen molar-refractivity contribution in [3.05, 3.63) is 24.3 Å². The molecule has 7 nitrogen and oxygen atoms in total. The fourth-order valence-electron chi connectivity index (χ4n) is 1.40. The number of benzene rings is 1. The predicted octanol–water partition coefficient (Wildman–Crippen LogP) is 0.919. The summed E-state index contributed by atoms with van der Waals surface area (Å²) >= 11 is 0. The summed E-state index contributed by atoms with van der Waals surface area (Å²) in [4.78, 5) is 30.8. The molecule has 1 heterocycles. The van der Waals surface area contributed by atoms with Gasteiger partial charge >= 0.3 is 6.03 Å². The van der Waals surface area contributed by atoms with Crippen molar-refractivity contribution in [1.82, 2.24) is 10.8 Å². The van der Waals surface area contributed by atoms with E-state index in [0.29, 0.717) is 17.2 Å². The molecule has 94 valence electrons. The summed E-state index contributed by atoms with van der Waals surface area (Å²) in [5.74, 6) is 0.291. The topological polar surface area (TPSA) is 91.8 Å². The van der Waals surface area contributed by atoms with Crippen LogP contribution >= 0.6 is 0 Å². The number of nitrogens with one attached hydrogen (secondary N) is 3. The zero-order valence-electron chi connectivity index (χ0n) is 9.69. The highest BCUT2D eigenvalue weighted by Gasteiger charge is 2.12. The lowest BCUT2D eigenvalue weighted by Gasteiger charge is -2.15. The minimum Gasteiger partial charge on any atom is -0.326 e. The van der Waals surface area contributed by atoms with Crippen LogP contribution in [-0.4, -0.2) is 24.4 Å². The van der Waals surface area contributed by atoms with Gasteiger partial charge in [0, 0.05) is 12.6 Å². The number of amides is 3. The number of rotatable bonds is 2. The first-order valence-electron chi connectivity index (χ1n) is 5.27. The summed E-state index contributed by atoms with van der Waals surface area (Å²) in [7, 11) is 0. The second-order valence-electron chi connectivity index (χ2n) is 3.63. The van der Waals surface area contributed by atoms with Gasteiger partial charge in [-0.25, -0.2) is 15.3 Å². The Hall–Kier alpha value is -2.41. The van der Waals surface area contributed by atoms with E-state index in [2.05, 4.69) is 21.1 Å². The van der Waals surface area contributed by atoms with E-state index >= 15 is 0 Å². The lowest BCUT2D eigenvalue weighted by atomic mass is 10.3. The number of urea groups is 1. The molecule has 0 unspecified atom stereocenters. The van der Waals surface area contributed by atoms with Crippen LogP contribution in [-0.2, 0) is 9.63 Å². The van der Waals surface area contributed by atoms with Gasteiger partial charge in [0.2, 0.25) is 5.91 Å². The highest BCUT2D eigenvalue weighted by molar-refractivity contribution is 6.00. The Labute approximate surface area is 103 Å². The van der Waals surface area contributed by atoms with Gasteiger partial charge in [0.25, 0.3) is 0 Å². The zero-order chi connectivity index (χ0) is 13.0. The van der Waals surface area contributed by atoms with E-state index in [9.17, 15) is 9.59 Å². The Kier molecular flexibility index (Phi) is 3.54. The average Bonchev–Trinajstić information content (AvgIpc) is 2.31. The lowest BCUT2D eigenvalue weighted by Crippen LogP contribution is -2.47. The zero-order valence-corrected chi connectivity index (χ0v) is 9.69. The van der Waals surface area contributed by atoms with Crippen LogP contribution in [0, 0.1) is 0 Å². The van der Waals surface area contributed by atoms with E-state index < -0.39 is 6.03 Å². The number of nitrogens with zero attached hydrogens (tertiary/aromatic N) is 1. The van der Waals surface area contributed by atoms with Crippen molar-refractivity contribution in [2.24, 2.45) is 4.99 Å². The van der Waals surface area contributed by atoms with Crippen molar-refractivity contribution < 1.29 is 14.4 Å². The number of carbonyl (C=O) groups excluding carboxylic acids is 2. The monoisotopic (exact) mass is 248 g/mol. The van der Waals surface area contributed by atoms with Gasteiger partial charge in [0.15, 0.2) is 0 Å². The smallest absolute Gasteiger partial charge is 0.326 e. The first kappa shape index (κ1) is 12.1. The maximum Gasteiger partial charge on any atom is 0.344 e. The number of hydrogen-bond acceptors (Lipinski definition) is 4. The number of hydroxylamine groups is 1. The molecule has 18 heavy (non-hydrogen) atoms. The third kappa shape index (κ3) is 3.29. The van der Waals surface area contributed by atoms with Crippen molar-refractivity contribution in [1.29, 1.82) is 0 Å². The number of amidine groups is 1. The fourth-order valence-corrected chi connectivity index (χ4v) is 1.40. The molecular formula is C11H12N4O3. The second kappa shape index (κ2) is 5.28. The summed E-state index contributed by atoms with van der Waals surface area (Å²) in [5.41, 5.74) is 3.50. The minimum absolute atomic E-state index is 0.131. The van der Waals surface area contributed by atoms with Crippen LogP contribution < -0.4 is 16.1 Å². The van der Waals surface area contributed by atoms with Crippen LogP contribution in [0.25, 0.3) is 0 Å². The van der Waals surface area contributed by atoms with Crippen molar-refractivity contribution in [2.45, 2.75) is 6.92 Å². The van der Waals surface area contributed by atoms with Crippen molar-refractivity contribution in [2.75, 3.05) is 11.9 Å². The van der Waals surface area contributed by atoms with E-state index in [0.717, 1.165) is 0 Å². The molecule has 1 aromatic carbocycles. The fraction of sp³-hybridized carbons (Fsp3) is 0.182. The van der Waals surface area contributed by atoms with Gasteiger partial charge in [-0.2, -0.15) is 0 Å². The summed E-state index contributed by atoms with van der Waals surface area (Å²) in [6, 6.07) is 6.46. The molecule has 0 bridgehead atoms. The van der Waals surface area contributed by atoms with Crippen molar-refractivity contribution in [3.8, 4) is 0 Å². The average molecular weight is 248 g/mol. The first-order valence-corrected chi connectivity index (χ1v) is 5.27. The molecular weight excluding hydrogens is 236 g/mol. The van der Waals surface area contributed by atoms with Gasteiger partial charge in [-0.05, 0) is 24.3 Å². The maximum atomic E-state index is 11.0. The molecule has 3 amide bonds. The largest absolute Gasteiger partial charge is 0.344 e. The molecule has 2 rings (SSSR count). The molecule has 0 spiro atoms. The Morgan fingerprint density at radius 2 is 2.11 bits per heavy atom. The molecule has 0 atom stereocenters. The summed E-state index contributed by atoms with van der Waals surface area (Å²) in [5, 5.41) is 5.17. The first-order chi connectivity index (χ1) is 8.63. The Morgan fingerprint density at radius 1 is 1.39 bits per heavy atom. The van der Waals surface area contributed by atoms with Crippen LogP contribution in [0.1, 0.15) is 6.92 Å². The van der Waals surface area contributed by atoms with Crippen LogP contribution in [0.4, 0.5) is 16.2 Å². The summed E-state index contributed by atoms with van der Waals surface area (Å²) < 4.78 is 0. The standard InChI is InChI=1S/C11H12N4O3/c1-7(16)12-8-2-4-9(5-3-8)13-10-6-18-15-11(17)14-10/h2-5H,6H2,1H3,(H,12,16)(H2,13,14,15,17). The van der Waals surface area contributed by atoms with E-state index in [1.54, 1.807) is 24.3 Å². The molecule has 1 aliphatic heterocycles. The molecule has 0 saturated carbocycles. The Bertz CT molecular complexity index is 496. The Morgan fingerprint density at radius 3 is 2.72 bits per heavy atom. The van der Waals surface area contributed by atoms with Crippen LogP contribution in [0.5, 0.6) is 0 Å². The van der Waals surface area contributed by atoms with Gasteiger partial charge < -0.3 is 5.32 Å². The van der Waals surface area contributed by atoms with Crippen molar-refractivity contribution >= 4 is 29.1 Å². The molecule has 0 radical (unpaired) electrons. The third-order valence-corrected chi connectivity index (χ3v) is 2.08. The number of anilines is 1. The van der Waals surface area contributed by atoms with Gasteiger partial charge in [-0.1, -0.05) is 0 Å². The van der Waals surface area contributed by atoms with Gasteiger partial charge in [0.05, 0.1) is 5.69 Å². The molecule has 1 aliphatic rings. The van der Waals surface area contributed by atoms with Gasteiger partial charge in [-0.15, -0.1) is 0 Å². The summed E-state index contributed by atoms with van der Waals surface area (Å²) in [6.07, 6.45) is 0. The second-order valence-corrected chi connectivity index (χ2v) is 3.63. The highest BCUT2D eigenvalue weighted by Crippen LogP contribution is 2.16. The van der Waals surface area contributed by atoms with Crippen molar-refractivity contribution in [3.63, 3.8) is 0 Å². The van der Waals surface area contributed by atoms with E-state index in [1.165, 1.54) is 6.92 Å². The molecule has 7 heteroatoms. The minimum atomic E-state index is -0.449. The summed E-state index contributed by atoms with van der Waals surface area (Å²) in [6.45, 7) is 1.62. The highest BCUT2D eigenvalue weighted by atomic mass is 16.7. The molecule has 1 aromatic rings. The quantitative estimate of drug-likeness (QED) is 0.726. The van der Waals surface area contributed by atoms with E-state index in [-0.39, 0.29) is 12.5 Å². The van der Waals surface area contributed by atoms with Crippen LogP contribution in [0.2, 0.25) is 0 Å². The number of carbonyl (C=O) groups is 2. The van der Waals surface area contributed by atoms with E-state index in [4.69, 9.17) is 4.84 Å². The lowest BCUT2D eigenvalue weighted by molar-refractivity contribution is -0.114. The molecule has 3 N–H and O–H groups in total. The maximum absolute atomic E-state index is 11.0. The third-order valence-electron chi connectivity index (χ3n) is 2.08. The molecule has 0 aliphatic carbocycles. The predicted molar refractivity (Wildman–Crippen MR) is 65.5 cm³/mol. The molecule has 1 fully saturated rings. The van der Waals surface area contributed by atoms with E-state index in [1.807, 2.05) is 0 Å². The SMILES string of the molecule is CC(=O)Nc1ccc(N=C2CONC(=O)N2)cc1. The van der Waals surface area contributed by atoms with Crippen LogP contribution in [0.15, 0.2) is 29.3 Å². The molecule has 0 aromatic heterocycles. The van der Waals surface area contributed by atoms with Gasteiger partial charge in [0.1, 0.15) is 12.4 Å². The number of hydrogen-bond donors (Lipinski definition) is 3. The number of aliphatic imine (C=N–C) groups is 1. The van der Waals surface area contributed by atoms with Crippen LogP contribution in [0.3, 0.4) is 0 Å². The normalized spacial score (nSPS) is 16.9.